The van der Waals surface area contributed by atoms with Crippen LogP contribution >= 0.6 is 23.4 Å². The van der Waals surface area contributed by atoms with E-state index in [1.807, 2.05) is 0 Å². The maximum atomic E-state index is 13.0. The number of imide groups is 1. The van der Waals surface area contributed by atoms with Crippen LogP contribution in [0.3, 0.4) is 0 Å². The molecule has 2 amide bonds. The molecule has 184 valence electrons. The van der Waals surface area contributed by atoms with Crippen LogP contribution in [0, 0.1) is 10.1 Å². The third kappa shape index (κ3) is 5.37. The molecule has 0 N–H and O–H groups in total. The Bertz CT molecular complexity index is 1410. The molecule has 0 saturated carbocycles. The second-order valence-corrected chi connectivity index (χ2v) is 8.84. The fraction of sp³-hybridized carbons (Fsp3) is 0.0833. The van der Waals surface area contributed by atoms with Crippen molar-refractivity contribution in [3.63, 3.8) is 0 Å². The Morgan fingerprint density at radius 3 is 2.42 bits per heavy atom. The Morgan fingerprint density at radius 1 is 1.03 bits per heavy atom. The number of nitrogens with zero attached hydrogens (tertiary/aromatic N) is 2. The zero-order valence-electron chi connectivity index (χ0n) is 18.0. The summed E-state index contributed by atoms with van der Waals surface area (Å²) >= 11 is 6.83. The van der Waals surface area contributed by atoms with Crippen molar-refractivity contribution in [1.82, 2.24) is 4.90 Å². The Morgan fingerprint density at radius 2 is 1.72 bits per heavy atom. The zero-order valence-corrected chi connectivity index (χ0v) is 19.6. The standard InChI is InChI=1S/C24H14ClF3N2O5S/c25-17-7-3-1-6-15(17)13-29-22(31)21(36-23(29)32)11-14-5-2-4-8-19(14)35-20-10-9-16(24(26,27)28)12-18(20)30(33)34/h1-12H,13H2/b21-11+. The highest BCUT2D eigenvalue weighted by Crippen LogP contribution is 2.40. The van der Waals surface area contributed by atoms with Gasteiger partial charge in [-0.1, -0.05) is 48.0 Å². The summed E-state index contributed by atoms with van der Waals surface area (Å²) in [7, 11) is 0. The predicted molar refractivity (Wildman–Crippen MR) is 128 cm³/mol. The van der Waals surface area contributed by atoms with E-state index in [9.17, 15) is 32.9 Å². The zero-order chi connectivity index (χ0) is 26.0. The van der Waals surface area contributed by atoms with Crippen molar-refractivity contribution in [2.24, 2.45) is 0 Å². The second kappa shape index (κ2) is 10.0. The van der Waals surface area contributed by atoms with Gasteiger partial charge in [-0.25, -0.2) is 0 Å². The van der Waals surface area contributed by atoms with Gasteiger partial charge >= 0.3 is 11.9 Å². The van der Waals surface area contributed by atoms with Gasteiger partial charge in [-0.2, -0.15) is 13.2 Å². The van der Waals surface area contributed by atoms with Crippen molar-refractivity contribution in [1.29, 1.82) is 0 Å². The number of ether oxygens (including phenoxy) is 1. The van der Waals surface area contributed by atoms with Crippen LogP contribution in [0.2, 0.25) is 5.02 Å². The summed E-state index contributed by atoms with van der Waals surface area (Å²) in [6, 6.07) is 14.8. The third-order valence-corrected chi connectivity index (χ3v) is 6.34. The molecule has 0 atom stereocenters. The number of carbonyl (C=O) groups excluding carboxylic acids is 2. The van der Waals surface area contributed by atoms with Crippen molar-refractivity contribution in [2.75, 3.05) is 0 Å². The molecule has 0 unspecified atom stereocenters. The van der Waals surface area contributed by atoms with E-state index < -0.39 is 39.2 Å². The predicted octanol–water partition coefficient (Wildman–Crippen LogP) is 7.30. The number of hydrogen-bond acceptors (Lipinski definition) is 6. The van der Waals surface area contributed by atoms with Gasteiger partial charge in [0.15, 0.2) is 0 Å². The van der Waals surface area contributed by atoms with Crippen molar-refractivity contribution in [3.8, 4) is 11.5 Å². The Hall–Kier alpha value is -3.83. The number of alkyl halides is 3. The monoisotopic (exact) mass is 534 g/mol. The van der Waals surface area contributed by atoms with Gasteiger partial charge in [-0.3, -0.25) is 24.6 Å². The lowest BCUT2D eigenvalue weighted by Gasteiger charge is -2.13. The van der Waals surface area contributed by atoms with Crippen LogP contribution in [0.15, 0.2) is 71.6 Å². The van der Waals surface area contributed by atoms with E-state index in [2.05, 4.69) is 0 Å². The smallest absolute Gasteiger partial charge is 0.416 e. The lowest BCUT2D eigenvalue weighted by Crippen LogP contribution is -2.27. The maximum absolute atomic E-state index is 13.0. The van der Waals surface area contributed by atoms with E-state index in [-0.39, 0.29) is 22.8 Å². The van der Waals surface area contributed by atoms with Crippen molar-refractivity contribution in [3.05, 3.63) is 103 Å². The molecule has 0 aromatic heterocycles. The Labute approximate surface area is 211 Å². The van der Waals surface area contributed by atoms with Crippen LogP contribution in [0.5, 0.6) is 11.5 Å². The van der Waals surface area contributed by atoms with E-state index in [0.29, 0.717) is 34.5 Å². The molecule has 0 spiro atoms. The first kappa shape index (κ1) is 25.3. The van der Waals surface area contributed by atoms with Gasteiger partial charge in [0, 0.05) is 16.7 Å². The Kier molecular flexibility index (Phi) is 7.04. The first-order valence-corrected chi connectivity index (χ1v) is 11.4. The average Bonchev–Trinajstić information content (AvgIpc) is 3.08. The van der Waals surface area contributed by atoms with E-state index in [1.54, 1.807) is 36.4 Å². The van der Waals surface area contributed by atoms with Crippen LogP contribution in [0.4, 0.5) is 23.7 Å². The molecule has 1 fully saturated rings. The molecule has 12 heteroatoms. The van der Waals surface area contributed by atoms with Gasteiger partial charge in [0.05, 0.1) is 21.9 Å². The number of thioether (sulfide) groups is 1. The minimum Gasteiger partial charge on any atom is -0.449 e. The van der Waals surface area contributed by atoms with Crippen molar-refractivity contribution in [2.45, 2.75) is 12.7 Å². The van der Waals surface area contributed by atoms with Crippen LogP contribution in [0.25, 0.3) is 6.08 Å². The number of halogens is 4. The SMILES string of the molecule is O=C1S/C(=C/c2ccccc2Oc2ccc(C(F)(F)F)cc2[N+](=O)[O-])C(=O)N1Cc1ccccc1Cl. The molecule has 0 radical (unpaired) electrons. The van der Waals surface area contributed by atoms with Gasteiger partial charge in [-0.05, 0) is 47.7 Å². The third-order valence-electron chi connectivity index (χ3n) is 5.07. The molecule has 4 rings (SSSR count). The van der Waals surface area contributed by atoms with Gasteiger partial charge in [0.25, 0.3) is 11.1 Å². The molecule has 1 aliphatic heterocycles. The number of nitro benzene ring substituents is 1. The van der Waals surface area contributed by atoms with Gasteiger partial charge in [0.2, 0.25) is 5.75 Å². The molecule has 1 saturated heterocycles. The summed E-state index contributed by atoms with van der Waals surface area (Å²) in [6.45, 7) is -0.0302. The van der Waals surface area contributed by atoms with Gasteiger partial charge < -0.3 is 4.74 Å². The molecule has 3 aromatic carbocycles. The van der Waals surface area contributed by atoms with Crippen molar-refractivity contribution >= 4 is 46.3 Å². The molecule has 1 heterocycles. The molecular weight excluding hydrogens is 521 g/mol. The highest BCUT2D eigenvalue weighted by Gasteiger charge is 2.36. The molecule has 36 heavy (non-hydrogen) atoms. The number of amides is 2. The molecule has 0 aliphatic carbocycles. The number of hydrogen-bond donors (Lipinski definition) is 0. The fourth-order valence-electron chi connectivity index (χ4n) is 3.31. The van der Waals surface area contributed by atoms with Crippen LogP contribution in [-0.4, -0.2) is 21.0 Å². The van der Waals surface area contributed by atoms with Crippen LogP contribution in [0.1, 0.15) is 16.7 Å². The summed E-state index contributed by atoms with van der Waals surface area (Å²) < 4.78 is 44.6. The van der Waals surface area contributed by atoms with Crippen molar-refractivity contribution < 1.29 is 32.4 Å². The number of carbonyl (C=O) groups is 2. The number of rotatable bonds is 6. The summed E-state index contributed by atoms with van der Waals surface area (Å²) in [4.78, 5) is 36.9. The van der Waals surface area contributed by atoms with E-state index in [0.717, 1.165) is 11.0 Å². The minimum atomic E-state index is -4.77. The van der Waals surface area contributed by atoms with E-state index in [4.69, 9.17) is 16.3 Å². The molecular formula is C24H14ClF3N2O5S. The lowest BCUT2D eigenvalue weighted by atomic mass is 10.1. The number of benzene rings is 3. The summed E-state index contributed by atoms with van der Waals surface area (Å²) in [5.74, 6) is -0.945. The highest BCUT2D eigenvalue weighted by molar-refractivity contribution is 8.18. The van der Waals surface area contributed by atoms with Crippen LogP contribution < -0.4 is 4.74 Å². The second-order valence-electron chi connectivity index (χ2n) is 7.44. The summed E-state index contributed by atoms with van der Waals surface area (Å²) in [5.41, 5.74) is -1.20. The average molecular weight is 535 g/mol. The largest absolute Gasteiger partial charge is 0.449 e. The first-order valence-electron chi connectivity index (χ1n) is 10.2. The van der Waals surface area contributed by atoms with Gasteiger partial charge in [-0.15, -0.1) is 0 Å². The topological polar surface area (TPSA) is 89.7 Å². The van der Waals surface area contributed by atoms with Crippen LogP contribution in [-0.2, 0) is 17.5 Å². The summed E-state index contributed by atoms with van der Waals surface area (Å²) in [6.07, 6.45) is -3.39. The fourth-order valence-corrected chi connectivity index (χ4v) is 4.33. The summed E-state index contributed by atoms with van der Waals surface area (Å²) in [5, 5.41) is 11.3. The minimum absolute atomic E-state index is 0.0302. The lowest BCUT2D eigenvalue weighted by molar-refractivity contribution is -0.385. The quantitative estimate of drug-likeness (QED) is 0.187. The molecule has 0 bridgehead atoms. The van der Waals surface area contributed by atoms with E-state index in [1.165, 1.54) is 18.2 Å². The Balaban J connectivity index is 1.63. The normalized spacial score (nSPS) is 15.0. The van der Waals surface area contributed by atoms with Gasteiger partial charge in [0.1, 0.15) is 5.75 Å². The number of para-hydroxylation sites is 1. The first-order chi connectivity index (χ1) is 17.0. The number of nitro groups is 1. The maximum Gasteiger partial charge on any atom is 0.416 e. The molecule has 7 nitrogen and oxygen atoms in total. The highest BCUT2D eigenvalue weighted by atomic mass is 35.5. The molecule has 1 aliphatic rings. The molecule has 3 aromatic rings. The van der Waals surface area contributed by atoms with E-state index >= 15 is 0 Å².